The zero-order valence-corrected chi connectivity index (χ0v) is 11.3. The second kappa shape index (κ2) is 5.39. The van der Waals surface area contributed by atoms with Gasteiger partial charge in [0.25, 0.3) is 0 Å². The summed E-state index contributed by atoms with van der Waals surface area (Å²) < 4.78 is 10.6. The van der Waals surface area contributed by atoms with Crippen LogP contribution in [0, 0.1) is 5.92 Å². The van der Waals surface area contributed by atoms with Crippen molar-refractivity contribution in [2.24, 2.45) is 5.92 Å². The molecule has 1 aliphatic carbocycles. The Morgan fingerprint density at radius 2 is 2.11 bits per heavy atom. The molecule has 3 rings (SSSR count). The lowest BCUT2D eigenvalue weighted by Gasteiger charge is -2.31. The fourth-order valence-corrected chi connectivity index (χ4v) is 2.71. The van der Waals surface area contributed by atoms with E-state index in [1.807, 2.05) is 18.2 Å². The number of likely N-dealkylation sites (N-methyl/N-ethyl adjacent to an activating group) is 1. The summed E-state index contributed by atoms with van der Waals surface area (Å²) in [5, 5.41) is 10.3. The maximum absolute atomic E-state index is 10.3. The number of fused-ring (bicyclic) bond motifs is 1. The highest BCUT2D eigenvalue weighted by Gasteiger charge is 2.21. The number of hydrogen-bond acceptors (Lipinski definition) is 4. The Morgan fingerprint density at radius 3 is 2.84 bits per heavy atom. The Hall–Kier alpha value is -1.26. The molecule has 1 fully saturated rings. The highest BCUT2D eigenvalue weighted by molar-refractivity contribution is 5.45. The molecule has 2 aliphatic rings. The standard InChI is InChI=1S/C15H21NO3/c1-16(8-11-3-2-4-11)9-13(17)12-5-6-14-15(7-12)19-10-18-14/h5-7,11,13,17H,2-4,8-10H2,1H3. The third-order valence-electron chi connectivity index (χ3n) is 4.06. The molecule has 0 spiro atoms. The molecule has 1 saturated carbocycles. The van der Waals surface area contributed by atoms with Crippen molar-refractivity contribution in [3.8, 4) is 11.5 Å². The molecular formula is C15H21NO3. The Kier molecular flexibility index (Phi) is 3.62. The average Bonchev–Trinajstić information content (AvgIpc) is 2.80. The van der Waals surface area contributed by atoms with E-state index in [2.05, 4.69) is 11.9 Å². The van der Waals surface area contributed by atoms with Crippen LogP contribution >= 0.6 is 0 Å². The smallest absolute Gasteiger partial charge is 0.231 e. The zero-order chi connectivity index (χ0) is 13.2. The van der Waals surface area contributed by atoms with Crippen molar-refractivity contribution in [2.75, 3.05) is 26.9 Å². The van der Waals surface area contributed by atoms with Gasteiger partial charge in [0.2, 0.25) is 6.79 Å². The van der Waals surface area contributed by atoms with E-state index < -0.39 is 6.10 Å². The molecule has 0 saturated heterocycles. The maximum Gasteiger partial charge on any atom is 0.231 e. The summed E-state index contributed by atoms with van der Waals surface area (Å²) in [6.07, 6.45) is 3.57. The van der Waals surface area contributed by atoms with Crippen LogP contribution in [0.3, 0.4) is 0 Å². The highest BCUT2D eigenvalue weighted by atomic mass is 16.7. The van der Waals surface area contributed by atoms with Gasteiger partial charge in [0.1, 0.15) is 0 Å². The molecule has 0 aromatic heterocycles. The van der Waals surface area contributed by atoms with Crippen molar-refractivity contribution in [1.82, 2.24) is 4.90 Å². The van der Waals surface area contributed by atoms with Crippen molar-refractivity contribution < 1.29 is 14.6 Å². The second-order valence-corrected chi connectivity index (χ2v) is 5.65. The van der Waals surface area contributed by atoms with Gasteiger partial charge in [-0.1, -0.05) is 12.5 Å². The first-order valence-electron chi connectivity index (χ1n) is 6.98. The number of benzene rings is 1. The van der Waals surface area contributed by atoms with Gasteiger partial charge in [0.15, 0.2) is 11.5 Å². The topological polar surface area (TPSA) is 41.9 Å². The molecule has 1 atom stereocenters. The lowest BCUT2D eigenvalue weighted by molar-refractivity contribution is 0.106. The summed E-state index contributed by atoms with van der Waals surface area (Å²) in [5.74, 6) is 2.32. The first kappa shape index (κ1) is 12.8. The number of aliphatic hydroxyl groups excluding tert-OH is 1. The van der Waals surface area contributed by atoms with Crippen LogP contribution in [-0.2, 0) is 0 Å². The fourth-order valence-electron chi connectivity index (χ4n) is 2.71. The number of rotatable bonds is 5. The Morgan fingerprint density at radius 1 is 1.32 bits per heavy atom. The summed E-state index contributed by atoms with van der Waals surface area (Å²) in [6, 6.07) is 5.66. The summed E-state index contributed by atoms with van der Waals surface area (Å²) in [5.41, 5.74) is 0.893. The molecule has 4 nitrogen and oxygen atoms in total. The van der Waals surface area contributed by atoms with Crippen molar-refractivity contribution >= 4 is 0 Å². The second-order valence-electron chi connectivity index (χ2n) is 5.65. The molecule has 0 amide bonds. The lowest BCUT2D eigenvalue weighted by Crippen LogP contribution is -2.32. The summed E-state index contributed by atoms with van der Waals surface area (Å²) in [4.78, 5) is 2.22. The Bertz CT molecular complexity index is 445. The van der Waals surface area contributed by atoms with Crippen LogP contribution in [0.15, 0.2) is 18.2 Å². The van der Waals surface area contributed by atoms with Crippen LogP contribution in [0.25, 0.3) is 0 Å². The molecule has 1 aliphatic heterocycles. The molecular weight excluding hydrogens is 242 g/mol. The minimum atomic E-state index is -0.473. The van der Waals surface area contributed by atoms with Gasteiger partial charge >= 0.3 is 0 Å². The fraction of sp³-hybridized carbons (Fsp3) is 0.600. The van der Waals surface area contributed by atoms with Crippen molar-refractivity contribution in [3.05, 3.63) is 23.8 Å². The van der Waals surface area contributed by atoms with Gasteiger partial charge in [-0.05, 0) is 43.5 Å². The highest BCUT2D eigenvalue weighted by Crippen LogP contribution is 2.34. The van der Waals surface area contributed by atoms with E-state index in [1.165, 1.54) is 19.3 Å². The number of ether oxygens (including phenoxy) is 2. The van der Waals surface area contributed by atoms with Crippen LogP contribution in [0.2, 0.25) is 0 Å². The largest absolute Gasteiger partial charge is 0.454 e. The molecule has 19 heavy (non-hydrogen) atoms. The third kappa shape index (κ3) is 2.85. The first-order chi connectivity index (χ1) is 9.22. The van der Waals surface area contributed by atoms with Gasteiger partial charge in [-0.25, -0.2) is 0 Å². The molecule has 0 radical (unpaired) electrons. The van der Waals surface area contributed by atoms with E-state index >= 15 is 0 Å². The minimum Gasteiger partial charge on any atom is -0.454 e. The van der Waals surface area contributed by atoms with Gasteiger partial charge in [0, 0.05) is 13.1 Å². The first-order valence-corrected chi connectivity index (χ1v) is 6.98. The number of nitrogens with zero attached hydrogens (tertiary/aromatic N) is 1. The SMILES string of the molecule is CN(CC1CCC1)CC(O)c1ccc2c(c1)OCO2. The van der Waals surface area contributed by atoms with Crippen LogP contribution in [0.4, 0.5) is 0 Å². The molecule has 1 N–H and O–H groups in total. The monoisotopic (exact) mass is 263 g/mol. The number of aliphatic hydroxyl groups is 1. The molecule has 1 aromatic carbocycles. The average molecular weight is 263 g/mol. The van der Waals surface area contributed by atoms with Crippen LogP contribution in [-0.4, -0.2) is 36.9 Å². The van der Waals surface area contributed by atoms with Crippen molar-refractivity contribution in [2.45, 2.75) is 25.4 Å². The van der Waals surface area contributed by atoms with E-state index in [-0.39, 0.29) is 6.79 Å². The predicted octanol–water partition coefficient (Wildman–Crippen LogP) is 2.18. The van der Waals surface area contributed by atoms with E-state index in [0.717, 1.165) is 29.5 Å². The van der Waals surface area contributed by atoms with Gasteiger partial charge in [0.05, 0.1) is 6.10 Å². The van der Waals surface area contributed by atoms with Crippen LogP contribution in [0.1, 0.15) is 30.9 Å². The molecule has 1 unspecified atom stereocenters. The van der Waals surface area contributed by atoms with Gasteiger partial charge < -0.3 is 19.5 Å². The minimum absolute atomic E-state index is 0.274. The van der Waals surface area contributed by atoms with E-state index in [4.69, 9.17) is 9.47 Å². The van der Waals surface area contributed by atoms with Gasteiger partial charge in [-0.15, -0.1) is 0 Å². The normalized spacial score (nSPS) is 19.5. The number of hydrogen-bond donors (Lipinski definition) is 1. The van der Waals surface area contributed by atoms with E-state index in [0.29, 0.717) is 6.54 Å². The molecule has 104 valence electrons. The predicted molar refractivity (Wildman–Crippen MR) is 72.4 cm³/mol. The zero-order valence-electron chi connectivity index (χ0n) is 11.3. The van der Waals surface area contributed by atoms with E-state index in [1.54, 1.807) is 0 Å². The lowest BCUT2D eigenvalue weighted by atomic mass is 9.85. The van der Waals surface area contributed by atoms with E-state index in [9.17, 15) is 5.11 Å². The summed E-state index contributed by atoms with van der Waals surface area (Å²) >= 11 is 0. The molecule has 1 aromatic rings. The van der Waals surface area contributed by atoms with Gasteiger partial charge in [-0.3, -0.25) is 0 Å². The summed E-state index contributed by atoms with van der Waals surface area (Å²) in [6.45, 7) is 2.02. The van der Waals surface area contributed by atoms with Gasteiger partial charge in [-0.2, -0.15) is 0 Å². The maximum atomic E-state index is 10.3. The van der Waals surface area contributed by atoms with Crippen LogP contribution < -0.4 is 9.47 Å². The van der Waals surface area contributed by atoms with Crippen molar-refractivity contribution in [1.29, 1.82) is 0 Å². The molecule has 1 heterocycles. The quantitative estimate of drug-likeness (QED) is 0.884. The van der Waals surface area contributed by atoms with Crippen LogP contribution in [0.5, 0.6) is 11.5 Å². The molecule has 4 heteroatoms. The Balaban J connectivity index is 1.58. The summed E-state index contributed by atoms with van der Waals surface area (Å²) in [7, 11) is 2.08. The Labute approximate surface area is 113 Å². The van der Waals surface area contributed by atoms with Crippen molar-refractivity contribution in [3.63, 3.8) is 0 Å². The molecule has 0 bridgehead atoms. The third-order valence-corrected chi connectivity index (χ3v) is 4.06.